The first kappa shape index (κ1) is 15.5. The number of carboxylic acid groups (broad SMARTS) is 1. The summed E-state index contributed by atoms with van der Waals surface area (Å²) in [5.74, 6) is -0.0807. The van der Waals surface area contributed by atoms with Crippen LogP contribution in [0.25, 0.3) is 0 Å². The van der Waals surface area contributed by atoms with Crippen molar-refractivity contribution < 1.29 is 19.4 Å². The van der Waals surface area contributed by atoms with Gasteiger partial charge in [0.25, 0.3) is 0 Å². The van der Waals surface area contributed by atoms with Gasteiger partial charge in [0.05, 0.1) is 13.0 Å². The Bertz CT molecular complexity index is 490. The normalized spacial score (nSPS) is 16.6. The summed E-state index contributed by atoms with van der Waals surface area (Å²) in [6.07, 6.45) is 1.81. The van der Waals surface area contributed by atoms with Gasteiger partial charge in [-0.3, -0.25) is 9.59 Å². The number of carboxylic acids is 1. The molecule has 0 aliphatic carbocycles. The highest BCUT2D eigenvalue weighted by atomic mass is 16.5. The zero-order valence-corrected chi connectivity index (χ0v) is 12.2. The van der Waals surface area contributed by atoms with E-state index in [1.807, 2.05) is 0 Å². The van der Waals surface area contributed by atoms with Crippen molar-refractivity contribution in [2.75, 3.05) is 26.7 Å². The van der Waals surface area contributed by atoms with Crippen LogP contribution in [0.15, 0.2) is 24.3 Å². The SMILES string of the molecule is COc1ccc(C(=O)CCN2CCC(C(=O)O)CC2)cc1. The fraction of sp³-hybridized carbons (Fsp3) is 0.500. The third-order valence-electron chi connectivity index (χ3n) is 4.00. The Hall–Kier alpha value is -1.88. The highest BCUT2D eigenvalue weighted by Gasteiger charge is 2.24. The molecule has 0 atom stereocenters. The fourth-order valence-corrected chi connectivity index (χ4v) is 2.58. The average molecular weight is 291 g/mol. The number of ketones is 1. The Kier molecular flexibility index (Phi) is 5.33. The number of likely N-dealkylation sites (tertiary alicyclic amines) is 1. The predicted molar refractivity (Wildman–Crippen MR) is 78.7 cm³/mol. The van der Waals surface area contributed by atoms with E-state index in [9.17, 15) is 9.59 Å². The monoisotopic (exact) mass is 291 g/mol. The van der Waals surface area contributed by atoms with Gasteiger partial charge >= 0.3 is 5.97 Å². The molecule has 2 rings (SSSR count). The first-order valence-corrected chi connectivity index (χ1v) is 7.22. The topological polar surface area (TPSA) is 66.8 Å². The molecule has 1 aliphatic heterocycles. The number of rotatable bonds is 6. The molecule has 1 fully saturated rings. The summed E-state index contributed by atoms with van der Waals surface area (Å²) >= 11 is 0. The molecule has 114 valence electrons. The van der Waals surface area contributed by atoms with Gasteiger partial charge < -0.3 is 14.7 Å². The second-order valence-corrected chi connectivity index (χ2v) is 5.36. The first-order valence-electron chi connectivity index (χ1n) is 7.22. The molecule has 1 aliphatic rings. The van der Waals surface area contributed by atoms with Crippen LogP contribution in [-0.2, 0) is 4.79 Å². The summed E-state index contributed by atoms with van der Waals surface area (Å²) in [7, 11) is 1.59. The van der Waals surface area contributed by atoms with Crippen molar-refractivity contribution >= 4 is 11.8 Å². The number of piperidine rings is 1. The van der Waals surface area contributed by atoms with Crippen molar-refractivity contribution in [3.8, 4) is 5.75 Å². The van der Waals surface area contributed by atoms with Crippen molar-refractivity contribution in [3.63, 3.8) is 0 Å². The van der Waals surface area contributed by atoms with Crippen molar-refractivity contribution in [3.05, 3.63) is 29.8 Å². The van der Waals surface area contributed by atoms with Gasteiger partial charge in [-0.25, -0.2) is 0 Å². The largest absolute Gasteiger partial charge is 0.497 e. The quantitative estimate of drug-likeness (QED) is 0.813. The maximum atomic E-state index is 12.1. The van der Waals surface area contributed by atoms with E-state index >= 15 is 0 Å². The number of ether oxygens (including phenoxy) is 1. The van der Waals surface area contributed by atoms with E-state index in [1.165, 1.54) is 0 Å². The molecule has 0 amide bonds. The second-order valence-electron chi connectivity index (χ2n) is 5.36. The minimum absolute atomic E-state index is 0.109. The van der Waals surface area contributed by atoms with Crippen LogP contribution >= 0.6 is 0 Å². The maximum absolute atomic E-state index is 12.1. The summed E-state index contributed by atoms with van der Waals surface area (Å²) in [6.45, 7) is 2.21. The lowest BCUT2D eigenvalue weighted by atomic mass is 9.97. The van der Waals surface area contributed by atoms with Gasteiger partial charge in [0.1, 0.15) is 5.75 Å². The lowest BCUT2D eigenvalue weighted by Crippen LogP contribution is -2.37. The standard InChI is InChI=1S/C16H21NO4/c1-21-14-4-2-12(3-5-14)15(18)8-11-17-9-6-13(7-10-17)16(19)20/h2-5,13H,6-11H2,1H3,(H,19,20). The summed E-state index contributed by atoms with van der Waals surface area (Å²) in [5, 5.41) is 8.95. The van der Waals surface area contributed by atoms with Crippen LogP contribution in [0.3, 0.4) is 0 Å². The van der Waals surface area contributed by atoms with Crippen molar-refractivity contribution in [1.29, 1.82) is 0 Å². The van der Waals surface area contributed by atoms with Crippen LogP contribution in [0.2, 0.25) is 0 Å². The molecule has 1 heterocycles. The minimum atomic E-state index is -0.705. The molecule has 1 aromatic carbocycles. The summed E-state index contributed by atoms with van der Waals surface area (Å²) in [5.41, 5.74) is 0.691. The molecule has 0 bridgehead atoms. The van der Waals surface area contributed by atoms with Crippen molar-refractivity contribution in [2.24, 2.45) is 5.92 Å². The molecule has 0 saturated carbocycles. The van der Waals surface area contributed by atoms with E-state index in [2.05, 4.69) is 4.90 Å². The van der Waals surface area contributed by atoms with Crippen LogP contribution in [0, 0.1) is 5.92 Å². The lowest BCUT2D eigenvalue weighted by molar-refractivity contribution is -0.143. The number of Topliss-reactive ketones (excluding diaryl/α,β-unsaturated/α-hetero) is 1. The number of benzene rings is 1. The molecular weight excluding hydrogens is 270 g/mol. The van der Waals surface area contributed by atoms with Gasteiger partial charge in [-0.2, -0.15) is 0 Å². The molecule has 1 N–H and O–H groups in total. The number of aliphatic carboxylic acids is 1. The molecule has 21 heavy (non-hydrogen) atoms. The predicted octanol–water partition coefficient (Wildman–Crippen LogP) is 2.06. The zero-order chi connectivity index (χ0) is 15.2. The Balaban J connectivity index is 1.77. The first-order chi connectivity index (χ1) is 10.1. The highest BCUT2D eigenvalue weighted by molar-refractivity contribution is 5.96. The van der Waals surface area contributed by atoms with E-state index < -0.39 is 5.97 Å². The van der Waals surface area contributed by atoms with Gasteiger partial charge in [-0.15, -0.1) is 0 Å². The van der Waals surface area contributed by atoms with E-state index in [-0.39, 0.29) is 11.7 Å². The van der Waals surface area contributed by atoms with Crippen LogP contribution in [0.4, 0.5) is 0 Å². The Morgan fingerprint density at radius 3 is 2.38 bits per heavy atom. The summed E-state index contributed by atoms with van der Waals surface area (Å²) in [4.78, 5) is 25.1. The minimum Gasteiger partial charge on any atom is -0.497 e. The van der Waals surface area contributed by atoms with Crippen LogP contribution in [0.5, 0.6) is 5.75 Å². The Labute approximate surface area is 124 Å². The molecular formula is C16H21NO4. The fourth-order valence-electron chi connectivity index (χ4n) is 2.58. The molecule has 0 spiro atoms. The van der Waals surface area contributed by atoms with Gasteiger partial charge in [0, 0.05) is 18.5 Å². The van der Waals surface area contributed by atoms with Gasteiger partial charge in [0.15, 0.2) is 5.78 Å². The van der Waals surface area contributed by atoms with Crippen molar-refractivity contribution in [2.45, 2.75) is 19.3 Å². The second kappa shape index (κ2) is 7.22. The molecule has 0 unspecified atom stereocenters. The van der Waals surface area contributed by atoms with Crippen LogP contribution in [-0.4, -0.2) is 48.5 Å². The molecule has 1 saturated heterocycles. The van der Waals surface area contributed by atoms with Crippen LogP contribution in [0.1, 0.15) is 29.6 Å². The average Bonchev–Trinajstić information content (AvgIpc) is 2.53. The number of nitrogens with zero attached hydrogens (tertiary/aromatic N) is 1. The van der Waals surface area contributed by atoms with E-state index in [1.54, 1.807) is 31.4 Å². The van der Waals surface area contributed by atoms with E-state index in [0.717, 1.165) is 18.8 Å². The zero-order valence-electron chi connectivity index (χ0n) is 12.2. The number of carbonyl (C=O) groups excluding carboxylic acids is 1. The smallest absolute Gasteiger partial charge is 0.306 e. The van der Waals surface area contributed by atoms with Crippen LogP contribution < -0.4 is 4.74 Å². The third-order valence-corrected chi connectivity index (χ3v) is 4.00. The number of hydrogen-bond donors (Lipinski definition) is 1. The highest BCUT2D eigenvalue weighted by Crippen LogP contribution is 2.18. The van der Waals surface area contributed by atoms with E-state index in [4.69, 9.17) is 9.84 Å². The van der Waals surface area contributed by atoms with Gasteiger partial charge in [0.2, 0.25) is 0 Å². The summed E-state index contributed by atoms with van der Waals surface area (Å²) < 4.78 is 5.07. The summed E-state index contributed by atoms with van der Waals surface area (Å²) in [6, 6.07) is 7.12. The molecule has 0 radical (unpaired) electrons. The van der Waals surface area contributed by atoms with Gasteiger partial charge in [-0.1, -0.05) is 0 Å². The van der Waals surface area contributed by atoms with Crippen molar-refractivity contribution in [1.82, 2.24) is 4.90 Å². The number of carbonyl (C=O) groups is 2. The molecule has 0 aromatic heterocycles. The Morgan fingerprint density at radius 2 is 1.86 bits per heavy atom. The third kappa shape index (κ3) is 4.29. The van der Waals surface area contributed by atoms with E-state index in [0.29, 0.717) is 31.4 Å². The molecule has 1 aromatic rings. The number of hydrogen-bond acceptors (Lipinski definition) is 4. The molecule has 5 nitrogen and oxygen atoms in total. The lowest BCUT2D eigenvalue weighted by Gasteiger charge is -2.29. The molecule has 5 heteroatoms. The maximum Gasteiger partial charge on any atom is 0.306 e. The van der Waals surface area contributed by atoms with Gasteiger partial charge in [-0.05, 0) is 50.2 Å². The Morgan fingerprint density at radius 1 is 1.24 bits per heavy atom. The number of methoxy groups -OCH3 is 1.